The average molecular weight is 284 g/mol. The van der Waals surface area contributed by atoms with Gasteiger partial charge >= 0.3 is 0 Å². The van der Waals surface area contributed by atoms with E-state index in [0.29, 0.717) is 24.0 Å². The Kier molecular flexibility index (Phi) is 3.96. The van der Waals surface area contributed by atoms with Crippen LogP contribution >= 0.6 is 11.6 Å². The quantitative estimate of drug-likeness (QED) is 0.619. The maximum Gasteiger partial charge on any atom is 0.271 e. The van der Waals surface area contributed by atoms with E-state index in [-0.39, 0.29) is 17.3 Å². The number of rotatable bonds is 5. The summed E-state index contributed by atoms with van der Waals surface area (Å²) < 4.78 is 10.6. The number of hydrogen-bond donors (Lipinski definition) is 0. The lowest BCUT2D eigenvalue weighted by Gasteiger charge is -2.04. The highest BCUT2D eigenvalue weighted by atomic mass is 35.5. The monoisotopic (exact) mass is 283 g/mol. The van der Waals surface area contributed by atoms with Crippen molar-refractivity contribution in [2.45, 2.75) is 20.0 Å². The molecule has 0 saturated heterocycles. The summed E-state index contributed by atoms with van der Waals surface area (Å²) >= 11 is 5.88. The number of nitro benzene ring substituents is 1. The van der Waals surface area contributed by atoms with Gasteiger partial charge < -0.3 is 9.15 Å². The molecule has 7 nitrogen and oxygen atoms in total. The van der Waals surface area contributed by atoms with Crippen LogP contribution in [0, 0.1) is 10.1 Å². The molecular formula is C11H10ClN3O4. The van der Waals surface area contributed by atoms with Crippen molar-refractivity contribution >= 4 is 17.3 Å². The second kappa shape index (κ2) is 5.66. The highest BCUT2D eigenvalue weighted by molar-refractivity contribution is 6.32. The van der Waals surface area contributed by atoms with Gasteiger partial charge in [-0.15, -0.1) is 10.2 Å². The van der Waals surface area contributed by atoms with Crippen molar-refractivity contribution < 1.29 is 14.1 Å². The van der Waals surface area contributed by atoms with E-state index in [0.717, 1.165) is 0 Å². The van der Waals surface area contributed by atoms with Crippen LogP contribution in [0.4, 0.5) is 5.69 Å². The molecule has 19 heavy (non-hydrogen) atoms. The van der Waals surface area contributed by atoms with E-state index in [1.54, 1.807) is 0 Å². The van der Waals surface area contributed by atoms with E-state index in [4.69, 9.17) is 20.8 Å². The zero-order chi connectivity index (χ0) is 13.8. The Morgan fingerprint density at radius 1 is 1.42 bits per heavy atom. The van der Waals surface area contributed by atoms with Crippen molar-refractivity contribution in [3.05, 3.63) is 45.1 Å². The van der Waals surface area contributed by atoms with Crippen LogP contribution in [0.1, 0.15) is 18.7 Å². The van der Waals surface area contributed by atoms with Crippen LogP contribution in [0.15, 0.2) is 22.6 Å². The van der Waals surface area contributed by atoms with Crippen molar-refractivity contribution in [2.75, 3.05) is 0 Å². The largest absolute Gasteiger partial charge is 0.482 e. The molecule has 1 heterocycles. The zero-order valence-corrected chi connectivity index (χ0v) is 10.8. The van der Waals surface area contributed by atoms with Gasteiger partial charge in [0.15, 0.2) is 6.61 Å². The minimum absolute atomic E-state index is 0.0601. The van der Waals surface area contributed by atoms with Gasteiger partial charge in [0.1, 0.15) is 5.75 Å². The molecule has 0 aliphatic heterocycles. The third-order valence-corrected chi connectivity index (χ3v) is 2.58. The Morgan fingerprint density at radius 2 is 2.16 bits per heavy atom. The van der Waals surface area contributed by atoms with Crippen LogP contribution in [-0.2, 0) is 13.0 Å². The van der Waals surface area contributed by atoms with Crippen LogP contribution in [0.2, 0.25) is 5.02 Å². The van der Waals surface area contributed by atoms with Gasteiger partial charge in [0.25, 0.3) is 11.6 Å². The maximum atomic E-state index is 10.6. The second-order valence-electron chi connectivity index (χ2n) is 3.60. The van der Waals surface area contributed by atoms with Crippen molar-refractivity contribution in [3.63, 3.8) is 0 Å². The Hall–Kier alpha value is -2.15. The van der Waals surface area contributed by atoms with Crippen molar-refractivity contribution in [3.8, 4) is 5.75 Å². The summed E-state index contributed by atoms with van der Waals surface area (Å²) in [5, 5.41) is 18.3. The number of halogens is 1. The van der Waals surface area contributed by atoms with Crippen LogP contribution in [0.25, 0.3) is 0 Å². The minimum Gasteiger partial charge on any atom is -0.482 e. The highest BCUT2D eigenvalue weighted by Crippen LogP contribution is 2.29. The predicted octanol–water partition coefficient (Wildman–Crippen LogP) is 2.77. The van der Waals surface area contributed by atoms with Gasteiger partial charge in [-0.25, -0.2) is 0 Å². The van der Waals surface area contributed by atoms with Gasteiger partial charge in [-0.1, -0.05) is 18.5 Å². The van der Waals surface area contributed by atoms with E-state index < -0.39 is 4.92 Å². The first-order chi connectivity index (χ1) is 9.10. The number of benzene rings is 1. The smallest absolute Gasteiger partial charge is 0.271 e. The highest BCUT2D eigenvalue weighted by Gasteiger charge is 2.11. The molecule has 0 fully saturated rings. The molecule has 0 saturated carbocycles. The van der Waals surface area contributed by atoms with Gasteiger partial charge in [-0.05, 0) is 6.07 Å². The molecular weight excluding hydrogens is 274 g/mol. The molecule has 0 unspecified atom stereocenters. The summed E-state index contributed by atoms with van der Waals surface area (Å²) in [6.45, 7) is 1.95. The number of ether oxygens (including phenoxy) is 1. The first kappa shape index (κ1) is 13.3. The van der Waals surface area contributed by atoms with E-state index in [1.807, 2.05) is 6.92 Å². The third-order valence-electron chi connectivity index (χ3n) is 2.29. The average Bonchev–Trinajstić information content (AvgIpc) is 2.85. The summed E-state index contributed by atoms with van der Waals surface area (Å²) in [6.07, 6.45) is 0.644. The first-order valence-corrected chi connectivity index (χ1v) is 5.86. The number of aromatic nitrogens is 2. The fourth-order valence-electron chi connectivity index (χ4n) is 1.35. The fourth-order valence-corrected chi connectivity index (χ4v) is 1.58. The first-order valence-electron chi connectivity index (χ1n) is 5.48. The third kappa shape index (κ3) is 3.19. The van der Waals surface area contributed by atoms with E-state index in [1.165, 1.54) is 18.2 Å². The zero-order valence-electron chi connectivity index (χ0n) is 10.00. The van der Waals surface area contributed by atoms with Gasteiger partial charge in [0.2, 0.25) is 5.89 Å². The molecule has 0 atom stereocenters. The van der Waals surface area contributed by atoms with Crippen LogP contribution in [0.5, 0.6) is 5.75 Å². The standard InChI is InChI=1S/C11H10ClN3O4/c1-2-10-13-14-11(19-10)6-18-9-4-3-7(15(16)17)5-8(9)12/h3-5H,2,6H2,1H3. The maximum absolute atomic E-state index is 10.6. The van der Waals surface area contributed by atoms with Crippen LogP contribution in [0.3, 0.4) is 0 Å². The van der Waals surface area contributed by atoms with E-state index in [2.05, 4.69) is 10.2 Å². The van der Waals surface area contributed by atoms with Crippen molar-refractivity contribution in [2.24, 2.45) is 0 Å². The van der Waals surface area contributed by atoms with E-state index in [9.17, 15) is 10.1 Å². The fraction of sp³-hybridized carbons (Fsp3) is 0.273. The number of nitrogens with zero attached hydrogens (tertiary/aromatic N) is 3. The molecule has 0 amide bonds. The Morgan fingerprint density at radius 3 is 2.74 bits per heavy atom. The van der Waals surface area contributed by atoms with Crippen molar-refractivity contribution in [1.82, 2.24) is 10.2 Å². The molecule has 0 radical (unpaired) electrons. The molecule has 0 aliphatic carbocycles. The molecule has 1 aromatic carbocycles. The molecule has 0 aliphatic rings. The Labute approximate surface area is 113 Å². The van der Waals surface area contributed by atoms with Crippen LogP contribution in [-0.4, -0.2) is 15.1 Å². The normalized spacial score (nSPS) is 10.4. The minimum atomic E-state index is -0.527. The molecule has 0 N–H and O–H groups in total. The van der Waals surface area contributed by atoms with Gasteiger partial charge in [-0.3, -0.25) is 10.1 Å². The molecule has 0 spiro atoms. The number of hydrogen-bond acceptors (Lipinski definition) is 6. The number of nitro groups is 1. The molecule has 1 aromatic heterocycles. The molecule has 2 rings (SSSR count). The summed E-state index contributed by atoms with van der Waals surface area (Å²) in [7, 11) is 0. The molecule has 2 aromatic rings. The topological polar surface area (TPSA) is 91.3 Å². The summed E-state index contributed by atoms with van der Waals surface area (Å²) in [4.78, 5) is 10.0. The van der Waals surface area contributed by atoms with Gasteiger partial charge in [-0.2, -0.15) is 0 Å². The van der Waals surface area contributed by atoms with Gasteiger partial charge in [0.05, 0.1) is 9.95 Å². The summed E-state index contributed by atoms with van der Waals surface area (Å²) in [5.74, 6) is 1.17. The van der Waals surface area contributed by atoms with E-state index >= 15 is 0 Å². The van der Waals surface area contributed by atoms with Crippen molar-refractivity contribution in [1.29, 1.82) is 0 Å². The lowest BCUT2D eigenvalue weighted by molar-refractivity contribution is -0.384. The number of non-ortho nitro benzene ring substituents is 1. The number of aryl methyl sites for hydroxylation is 1. The molecule has 100 valence electrons. The van der Waals surface area contributed by atoms with Gasteiger partial charge in [0, 0.05) is 18.6 Å². The summed E-state index contributed by atoms with van der Waals surface area (Å²) in [6, 6.07) is 3.96. The molecule has 0 bridgehead atoms. The molecule has 8 heteroatoms. The lowest BCUT2D eigenvalue weighted by atomic mass is 10.3. The predicted molar refractivity (Wildman–Crippen MR) is 66.1 cm³/mol. The Balaban J connectivity index is 2.05. The second-order valence-corrected chi connectivity index (χ2v) is 4.01. The lowest BCUT2D eigenvalue weighted by Crippen LogP contribution is -1.97. The SMILES string of the molecule is CCc1nnc(COc2ccc([N+](=O)[O-])cc2Cl)o1. The summed E-state index contributed by atoms with van der Waals surface area (Å²) in [5.41, 5.74) is -0.0941. The van der Waals surface area contributed by atoms with Crippen LogP contribution < -0.4 is 4.74 Å². The Bertz CT molecular complexity index is 599.